The fourth-order valence-corrected chi connectivity index (χ4v) is 2.80. The number of fused-ring (bicyclic) bond motifs is 1. The van der Waals surface area contributed by atoms with E-state index in [2.05, 4.69) is 5.32 Å². The zero-order valence-corrected chi connectivity index (χ0v) is 14.2. The summed E-state index contributed by atoms with van der Waals surface area (Å²) in [6, 6.07) is 6.14. The van der Waals surface area contributed by atoms with E-state index in [1.807, 2.05) is 0 Å². The minimum Gasteiger partial charge on any atom is -0.481 e. The second-order valence-corrected chi connectivity index (χ2v) is 6.01. The van der Waals surface area contributed by atoms with Gasteiger partial charge in [-0.15, -0.1) is 0 Å². The van der Waals surface area contributed by atoms with Gasteiger partial charge in [-0.1, -0.05) is 13.8 Å². The van der Waals surface area contributed by atoms with Gasteiger partial charge in [0, 0.05) is 35.8 Å². The maximum Gasteiger partial charge on any atom is 0.311 e. The highest BCUT2D eigenvalue weighted by molar-refractivity contribution is 5.85. The number of nitro benzene ring substituents is 1. The lowest BCUT2D eigenvalue weighted by molar-refractivity contribution is -0.384. The minimum atomic E-state index is -0.963. The molecule has 0 fully saturated rings. The highest BCUT2D eigenvalue weighted by Gasteiger charge is 2.35. The lowest BCUT2D eigenvalue weighted by Gasteiger charge is -2.26. The molecule has 0 saturated carbocycles. The Morgan fingerprint density at radius 2 is 1.96 bits per heavy atom. The van der Waals surface area contributed by atoms with E-state index in [0.717, 1.165) is 0 Å². The smallest absolute Gasteiger partial charge is 0.311 e. The average Bonchev–Trinajstić information content (AvgIpc) is 2.98. The number of aliphatic carboxylic acids is 1. The summed E-state index contributed by atoms with van der Waals surface area (Å²) < 4.78 is 1.68. The average molecular weight is 347 g/mol. The molecule has 0 saturated heterocycles. The number of carbonyl (C=O) groups is 2. The Hall–Kier alpha value is -2.90. The number of non-ortho nitro benzene ring substituents is 1. The van der Waals surface area contributed by atoms with Crippen molar-refractivity contribution >= 4 is 28.5 Å². The number of carboxylic acids is 1. The molecule has 2 aromatic rings. The molecule has 134 valence electrons. The molecule has 0 bridgehead atoms. The van der Waals surface area contributed by atoms with Crippen LogP contribution < -0.4 is 5.32 Å². The van der Waals surface area contributed by atoms with E-state index in [1.165, 1.54) is 12.1 Å². The van der Waals surface area contributed by atoms with Crippen molar-refractivity contribution in [2.45, 2.75) is 33.2 Å². The SMILES string of the molecule is CCC(CC)(CNC(=O)Cn1ccc2cc([N+](=O)[O-])ccc21)C(=O)O. The molecule has 0 spiro atoms. The molecule has 0 atom stereocenters. The number of carboxylic acid groups (broad SMARTS) is 1. The molecule has 1 aromatic carbocycles. The normalized spacial score (nSPS) is 11.4. The van der Waals surface area contributed by atoms with Crippen LogP contribution in [-0.4, -0.2) is 33.0 Å². The fourth-order valence-electron chi connectivity index (χ4n) is 2.80. The van der Waals surface area contributed by atoms with Gasteiger partial charge in [0.05, 0.1) is 10.3 Å². The monoisotopic (exact) mass is 347 g/mol. The Bertz CT molecular complexity index is 808. The summed E-state index contributed by atoms with van der Waals surface area (Å²) in [6.07, 6.45) is 2.53. The van der Waals surface area contributed by atoms with Gasteiger partial charge in [-0.2, -0.15) is 0 Å². The summed E-state index contributed by atoms with van der Waals surface area (Å²) in [5.41, 5.74) is -0.266. The Morgan fingerprint density at radius 1 is 1.28 bits per heavy atom. The van der Waals surface area contributed by atoms with Crippen molar-refractivity contribution in [2.24, 2.45) is 5.41 Å². The van der Waals surface area contributed by atoms with E-state index in [9.17, 15) is 24.8 Å². The topological polar surface area (TPSA) is 114 Å². The number of carbonyl (C=O) groups excluding carboxylic acids is 1. The predicted molar refractivity (Wildman–Crippen MR) is 92.3 cm³/mol. The number of aromatic nitrogens is 1. The first-order chi connectivity index (χ1) is 11.8. The predicted octanol–water partition coefficient (Wildman–Crippen LogP) is 2.56. The van der Waals surface area contributed by atoms with Crippen molar-refractivity contribution in [3.63, 3.8) is 0 Å². The van der Waals surface area contributed by atoms with E-state index >= 15 is 0 Å². The lowest BCUT2D eigenvalue weighted by Crippen LogP contribution is -2.43. The molecule has 1 aromatic heterocycles. The number of rotatable bonds is 8. The Labute approximate surface area is 144 Å². The van der Waals surface area contributed by atoms with Crippen LogP contribution in [-0.2, 0) is 16.1 Å². The lowest BCUT2D eigenvalue weighted by atomic mass is 9.82. The third-order valence-electron chi connectivity index (χ3n) is 4.71. The van der Waals surface area contributed by atoms with Gasteiger partial charge in [-0.25, -0.2) is 0 Å². The number of nitro groups is 1. The number of nitrogens with one attached hydrogen (secondary N) is 1. The van der Waals surface area contributed by atoms with Gasteiger partial charge < -0.3 is 15.0 Å². The first-order valence-corrected chi connectivity index (χ1v) is 8.06. The van der Waals surface area contributed by atoms with E-state index in [1.54, 1.807) is 36.7 Å². The van der Waals surface area contributed by atoms with E-state index < -0.39 is 16.3 Å². The quantitative estimate of drug-likeness (QED) is 0.562. The summed E-state index contributed by atoms with van der Waals surface area (Å²) in [5.74, 6) is -1.22. The summed E-state index contributed by atoms with van der Waals surface area (Å²) >= 11 is 0. The van der Waals surface area contributed by atoms with Crippen molar-refractivity contribution in [1.82, 2.24) is 9.88 Å². The number of amides is 1. The Kier molecular flexibility index (Phi) is 5.41. The summed E-state index contributed by atoms with van der Waals surface area (Å²) in [6.45, 7) is 3.66. The Morgan fingerprint density at radius 3 is 2.52 bits per heavy atom. The standard InChI is InChI=1S/C17H21N3O5/c1-3-17(4-2,16(22)23)11-18-15(21)10-19-8-7-12-9-13(20(24)25)5-6-14(12)19/h5-9H,3-4,10-11H2,1-2H3,(H,18,21)(H,22,23). The molecule has 1 amide bonds. The molecule has 8 nitrogen and oxygen atoms in total. The van der Waals surface area contributed by atoms with Crippen LogP contribution in [0.2, 0.25) is 0 Å². The van der Waals surface area contributed by atoms with Crippen molar-refractivity contribution < 1.29 is 19.6 Å². The zero-order chi connectivity index (χ0) is 18.6. The maximum atomic E-state index is 12.2. The van der Waals surface area contributed by atoms with Crippen LogP contribution in [0, 0.1) is 15.5 Å². The molecule has 2 rings (SSSR count). The molecule has 0 radical (unpaired) electrons. The van der Waals surface area contributed by atoms with Gasteiger partial charge in [0.25, 0.3) is 5.69 Å². The summed E-state index contributed by atoms with van der Waals surface area (Å²) in [4.78, 5) is 34.0. The van der Waals surface area contributed by atoms with Crippen LogP contribution in [0.1, 0.15) is 26.7 Å². The minimum absolute atomic E-state index is 0.00756. The molecular formula is C17H21N3O5. The van der Waals surface area contributed by atoms with Gasteiger partial charge in [0.15, 0.2) is 0 Å². The third kappa shape index (κ3) is 3.78. The van der Waals surface area contributed by atoms with Gasteiger partial charge >= 0.3 is 5.97 Å². The van der Waals surface area contributed by atoms with Gasteiger partial charge in [0.2, 0.25) is 5.91 Å². The first-order valence-electron chi connectivity index (χ1n) is 8.06. The molecule has 0 unspecified atom stereocenters. The van der Waals surface area contributed by atoms with Gasteiger partial charge in [-0.05, 0) is 25.0 Å². The zero-order valence-electron chi connectivity index (χ0n) is 14.2. The van der Waals surface area contributed by atoms with Crippen molar-refractivity contribution in [3.8, 4) is 0 Å². The molecule has 25 heavy (non-hydrogen) atoms. The van der Waals surface area contributed by atoms with Crippen molar-refractivity contribution in [3.05, 3.63) is 40.6 Å². The molecule has 0 aliphatic rings. The van der Waals surface area contributed by atoms with Crippen LogP contribution in [0.5, 0.6) is 0 Å². The molecule has 8 heteroatoms. The molecule has 0 aliphatic carbocycles. The molecular weight excluding hydrogens is 326 g/mol. The Balaban J connectivity index is 2.09. The summed E-state index contributed by atoms with van der Waals surface area (Å²) in [7, 11) is 0. The molecule has 2 N–H and O–H groups in total. The number of nitrogens with zero attached hydrogens (tertiary/aromatic N) is 2. The van der Waals surface area contributed by atoms with Crippen LogP contribution in [0.4, 0.5) is 5.69 Å². The first kappa shape index (κ1) is 18.4. The number of hydrogen-bond donors (Lipinski definition) is 2. The van der Waals surface area contributed by atoms with Crippen molar-refractivity contribution in [1.29, 1.82) is 0 Å². The molecule has 1 heterocycles. The number of benzene rings is 1. The highest BCUT2D eigenvalue weighted by Crippen LogP contribution is 2.26. The van der Waals surface area contributed by atoms with E-state index in [4.69, 9.17) is 0 Å². The largest absolute Gasteiger partial charge is 0.481 e. The van der Waals surface area contributed by atoms with Crippen LogP contribution in [0.25, 0.3) is 10.9 Å². The summed E-state index contributed by atoms with van der Waals surface area (Å²) in [5, 5.41) is 23.6. The van der Waals surface area contributed by atoms with Gasteiger partial charge in [-0.3, -0.25) is 19.7 Å². The van der Waals surface area contributed by atoms with E-state index in [0.29, 0.717) is 23.7 Å². The van der Waals surface area contributed by atoms with Crippen LogP contribution in [0.3, 0.4) is 0 Å². The third-order valence-corrected chi connectivity index (χ3v) is 4.71. The van der Waals surface area contributed by atoms with Crippen molar-refractivity contribution in [2.75, 3.05) is 6.54 Å². The second kappa shape index (κ2) is 7.33. The maximum absolute atomic E-state index is 12.2. The number of hydrogen-bond acceptors (Lipinski definition) is 4. The van der Waals surface area contributed by atoms with Crippen LogP contribution >= 0.6 is 0 Å². The fraction of sp³-hybridized carbons (Fsp3) is 0.412. The highest BCUT2D eigenvalue weighted by atomic mass is 16.6. The van der Waals surface area contributed by atoms with E-state index in [-0.39, 0.29) is 24.7 Å². The van der Waals surface area contributed by atoms with Crippen LogP contribution in [0.15, 0.2) is 30.5 Å². The van der Waals surface area contributed by atoms with Gasteiger partial charge in [0.1, 0.15) is 6.54 Å². The molecule has 0 aliphatic heterocycles. The second-order valence-electron chi connectivity index (χ2n) is 6.01.